The number of aliphatic hydroxyl groups excluding tert-OH is 1. The Labute approximate surface area is 179 Å². The van der Waals surface area contributed by atoms with E-state index in [1.165, 1.54) is 6.92 Å². The second-order valence-electron chi connectivity index (χ2n) is 7.48. The molecule has 0 unspecified atom stereocenters. The SMILES string of the molecule is COc1c([C@H]2[C@H](C(=O)Nc3cnc(CO)nc3)O[C@@](C)(C(F)(F)F)[C@H]2C)ccc(F)c1F. The van der Waals surface area contributed by atoms with E-state index in [9.17, 15) is 26.7 Å². The number of aliphatic hydroxyl groups is 1. The molecule has 1 aromatic heterocycles. The van der Waals surface area contributed by atoms with E-state index in [4.69, 9.17) is 14.6 Å². The molecule has 7 nitrogen and oxygen atoms in total. The average Bonchev–Trinajstić information content (AvgIpc) is 3.02. The van der Waals surface area contributed by atoms with E-state index in [-0.39, 0.29) is 17.1 Å². The highest BCUT2D eigenvalue weighted by Gasteiger charge is 2.65. The zero-order chi connectivity index (χ0) is 23.8. The molecule has 0 radical (unpaired) electrons. The van der Waals surface area contributed by atoms with Crippen molar-refractivity contribution < 1.29 is 41.3 Å². The predicted octanol–water partition coefficient (Wildman–Crippen LogP) is 3.33. The second-order valence-corrected chi connectivity index (χ2v) is 7.48. The Balaban J connectivity index is 2.05. The third kappa shape index (κ3) is 3.99. The van der Waals surface area contributed by atoms with Crippen LogP contribution in [0.3, 0.4) is 0 Å². The van der Waals surface area contributed by atoms with Crippen molar-refractivity contribution in [3.8, 4) is 5.75 Å². The number of amides is 1. The van der Waals surface area contributed by atoms with Crippen molar-refractivity contribution in [1.29, 1.82) is 0 Å². The minimum Gasteiger partial charge on any atom is -0.493 e. The zero-order valence-corrected chi connectivity index (χ0v) is 17.2. The topological polar surface area (TPSA) is 93.6 Å². The Morgan fingerprint density at radius 2 is 1.91 bits per heavy atom. The fourth-order valence-corrected chi connectivity index (χ4v) is 3.75. The van der Waals surface area contributed by atoms with Crippen LogP contribution in [-0.4, -0.2) is 46.0 Å². The van der Waals surface area contributed by atoms with Gasteiger partial charge < -0.3 is 19.9 Å². The number of aromatic nitrogens is 2. The van der Waals surface area contributed by atoms with Crippen molar-refractivity contribution in [3.05, 3.63) is 47.5 Å². The molecule has 2 aromatic rings. The van der Waals surface area contributed by atoms with Gasteiger partial charge in [-0.05, 0) is 13.0 Å². The first-order valence-corrected chi connectivity index (χ1v) is 9.43. The van der Waals surface area contributed by atoms with Crippen LogP contribution in [0, 0.1) is 17.6 Å². The number of hydrogen-bond donors (Lipinski definition) is 2. The number of hydrogen-bond acceptors (Lipinski definition) is 6. The van der Waals surface area contributed by atoms with Crippen LogP contribution in [0.5, 0.6) is 5.75 Å². The van der Waals surface area contributed by atoms with Crippen molar-refractivity contribution in [2.45, 2.75) is 44.3 Å². The Kier molecular flexibility index (Phi) is 6.38. The van der Waals surface area contributed by atoms with E-state index in [0.29, 0.717) is 0 Å². The summed E-state index contributed by atoms with van der Waals surface area (Å²) in [5.41, 5.74) is -2.86. The molecule has 12 heteroatoms. The largest absolute Gasteiger partial charge is 0.493 e. The summed E-state index contributed by atoms with van der Waals surface area (Å²) in [6.45, 7) is 1.56. The first-order chi connectivity index (χ1) is 14.9. The van der Waals surface area contributed by atoms with Gasteiger partial charge in [0.25, 0.3) is 5.91 Å². The number of nitrogens with zero attached hydrogens (tertiary/aromatic N) is 2. The van der Waals surface area contributed by atoms with E-state index in [1.54, 1.807) is 0 Å². The molecule has 2 heterocycles. The smallest absolute Gasteiger partial charge is 0.417 e. The van der Waals surface area contributed by atoms with Crippen LogP contribution in [0.15, 0.2) is 24.5 Å². The third-order valence-electron chi connectivity index (χ3n) is 5.68. The van der Waals surface area contributed by atoms with Crippen molar-refractivity contribution in [1.82, 2.24) is 9.97 Å². The Morgan fingerprint density at radius 3 is 2.44 bits per heavy atom. The van der Waals surface area contributed by atoms with E-state index in [1.807, 2.05) is 0 Å². The van der Waals surface area contributed by atoms with E-state index in [2.05, 4.69) is 15.3 Å². The highest BCUT2D eigenvalue weighted by atomic mass is 19.4. The summed E-state index contributed by atoms with van der Waals surface area (Å²) < 4.78 is 79.9. The van der Waals surface area contributed by atoms with Crippen LogP contribution in [0.2, 0.25) is 0 Å². The molecule has 0 spiro atoms. The van der Waals surface area contributed by atoms with Gasteiger partial charge in [0.2, 0.25) is 5.82 Å². The molecular formula is C20H20F5N3O4. The summed E-state index contributed by atoms with van der Waals surface area (Å²) in [5, 5.41) is 11.4. The van der Waals surface area contributed by atoms with Gasteiger partial charge in [0, 0.05) is 17.4 Å². The number of nitrogens with one attached hydrogen (secondary N) is 1. The van der Waals surface area contributed by atoms with Crippen LogP contribution < -0.4 is 10.1 Å². The number of benzene rings is 1. The summed E-state index contributed by atoms with van der Waals surface area (Å²) in [4.78, 5) is 20.5. The number of halogens is 5. The zero-order valence-electron chi connectivity index (χ0n) is 17.2. The maximum Gasteiger partial charge on any atom is 0.417 e. The lowest BCUT2D eigenvalue weighted by molar-refractivity contribution is -0.272. The number of carbonyl (C=O) groups excluding carboxylic acids is 1. The molecular weight excluding hydrogens is 441 g/mol. The van der Waals surface area contributed by atoms with Gasteiger partial charge in [-0.25, -0.2) is 14.4 Å². The van der Waals surface area contributed by atoms with Gasteiger partial charge in [0.15, 0.2) is 23.0 Å². The molecule has 0 saturated carbocycles. The van der Waals surface area contributed by atoms with Crippen LogP contribution in [0.25, 0.3) is 0 Å². The lowest BCUT2D eigenvalue weighted by Gasteiger charge is -2.32. The van der Waals surface area contributed by atoms with Crippen molar-refractivity contribution >= 4 is 11.6 Å². The highest BCUT2D eigenvalue weighted by Crippen LogP contribution is 2.54. The normalized spacial score (nSPS) is 25.6. The first kappa shape index (κ1) is 23.8. The van der Waals surface area contributed by atoms with Crippen LogP contribution in [-0.2, 0) is 16.1 Å². The Hall–Kier alpha value is -2.86. The minimum absolute atomic E-state index is 0.0417. The molecule has 2 N–H and O–H groups in total. The molecule has 4 atom stereocenters. The summed E-state index contributed by atoms with van der Waals surface area (Å²) in [7, 11) is 1.04. The van der Waals surface area contributed by atoms with Crippen molar-refractivity contribution in [2.75, 3.05) is 12.4 Å². The highest BCUT2D eigenvalue weighted by molar-refractivity contribution is 5.95. The molecule has 3 rings (SSSR count). The Morgan fingerprint density at radius 1 is 1.28 bits per heavy atom. The summed E-state index contributed by atoms with van der Waals surface area (Å²) >= 11 is 0. The van der Waals surface area contributed by atoms with Gasteiger partial charge in [-0.3, -0.25) is 4.79 Å². The fraction of sp³-hybridized carbons (Fsp3) is 0.450. The van der Waals surface area contributed by atoms with Crippen LogP contribution >= 0.6 is 0 Å². The molecule has 32 heavy (non-hydrogen) atoms. The standard InChI is InChI=1S/C20H20F5N3O4/c1-9-14(11-4-5-12(21)15(22)16(11)31-3)17(32-19(9,2)20(23,24)25)18(30)28-10-6-26-13(8-29)27-7-10/h4-7,9,14,17,29H,8H2,1-3H3,(H,28,30)/t9-,14-,17+,19+/m0/s1. The molecule has 1 aromatic carbocycles. The average molecular weight is 461 g/mol. The fourth-order valence-electron chi connectivity index (χ4n) is 3.75. The number of rotatable bonds is 5. The van der Waals surface area contributed by atoms with Gasteiger partial charge >= 0.3 is 6.18 Å². The van der Waals surface area contributed by atoms with Gasteiger partial charge in [0.05, 0.1) is 25.2 Å². The Bertz CT molecular complexity index is 1000. The molecule has 174 valence electrons. The first-order valence-electron chi connectivity index (χ1n) is 9.43. The van der Waals surface area contributed by atoms with Crippen LogP contribution in [0.1, 0.15) is 31.2 Å². The molecule has 1 aliphatic rings. The number of ether oxygens (including phenoxy) is 2. The van der Waals surface area contributed by atoms with E-state index < -0.39 is 59.6 Å². The number of carbonyl (C=O) groups is 1. The van der Waals surface area contributed by atoms with Crippen LogP contribution in [0.4, 0.5) is 27.6 Å². The van der Waals surface area contributed by atoms with Gasteiger partial charge in [-0.15, -0.1) is 0 Å². The summed E-state index contributed by atoms with van der Waals surface area (Å²) in [6, 6.07) is 1.82. The van der Waals surface area contributed by atoms with Crippen molar-refractivity contribution in [2.24, 2.45) is 5.92 Å². The second kappa shape index (κ2) is 8.58. The van der Waals surface area contributed by atoms with Gasteiger partial charge in [-0.2, -0.15) is 17.6 Å². The number of methoxy groups -OCH3 is 1. The number of anilines is 1. The van der Waals surface area contributed by atoms with E-state index in [0.717, 1.165) is 38.6 Å². The number of alkyl halides is 3. The molecule has 0 bridgehead atoms. The molecule has 1 saturated heterocycles. The maximum absolute atomic E-state index is 14.3. The molecule has 1 aliphatic heterocycles. The van der Waals surface area contributed by atoms with E-state index >= 15 is 0 Å². The predicted molar refractivity (Wildman–Crippen MR) is 101 cm³/mol. The molecule has 1 amide bonds. The lowest BCUT2D eigenvalue weighted by Crippen LogP contribution is -2.47. The van der Waals surface area contributed by atoms with Crippen molar-refractivity contribution in [3.63, 3.8) is 0 Å². The quantitative estimate of drug-likeness (QED) is 0.664. The molecule has 0 aliphatic carbocycles. The minimum atomic E-state index is -4.86. The maximum atomic E-state index is 14.3. The summed E-state index contributed by atoms with van der Waals surface area (Å²) in [6.07, 6.45) is -4.28. The van der Waals surface area contributed by atoms with Gasteiger partial charge in [0.1, 0.15) is 12.7 Å². The summed E-state index contributed by atoms with van der Waals surface area (Å²) in [5.74, 6) is -6.84. The molecule has 1 fully saturated rings. The van der Waals surface area contributed by atoms with Gasteiger partial charge in [-0.1, -0.05) is 13.0 Å². The third-order valence-corrected chi connectivity index (χ3v) is 5.68. The monoisotopic (exact) mass is 461 g/mol. The lowest BCUT2D eigenvalue weighted by atomic mass is 9.77.